The van der Waals surface area contributed by atoms with E-state index in [2.05, 4.69) is 5.32 Å². The lowest BCUT2D eigenvalue weighted by Crippen LogP contribution is -2.35. The molecule has 0 heterocycles. The summed E-state index contributed by atoms with van der Waals surface area (Å²) in [6.45, 7) is 7.50. The summed E-state index contributed by atoms with van der Waals surface area (Å²) in [5.74, 6) is 0.268. The minimum atomic E-state index is -0.951. The summed E-state index contributed by atoms with van der Waals surface area (Å²) < 4.78 is 16.1. The van der Waals surface area contributed by atoms with Crippen LogP contribution in [-0.4, -0.2) is 30.7 Å². The van der Waals surface area contributed by atoms with Gasteiger partial charge < -0.3 is 19.5 Å². The van der Waals surface area contributed by atoms with E-state index in [1.54, 1.807) is 37.3 Å². The highest BCUT2D eigenvalue weighted by molar-refractivity contribution is 5.95. The molecule has 0 fully saturated rings. The van der Waals surface area contributed by atoms with E-state index in [4.69, 9.17) is 14.2 Å². The Labute approximate surface area is 159 Å². The standard InChI is InChI=1S/C21H25NO5/c1-5-25-18-11-9-17(10-12-18)22-20(23)15(3)27-21(24)16(4)26-19-8-6-7-14(2)13-19/h6-13,15-16H,5H2,1-4H3,(H,22,23)/t15-,16-/m1/s1. The number of amides is 1. The van der Waals surface area contributed by atoms with Gasteiger partial charge in [-0.2, -0.15) is 0 Å². The number of hydrogen-bond acceptors (Lipinski definition) is 5. The van der Waals surface area contributed by atoms with Gasteiger partial charge in [0, 0.05) is 5.69 Å². The molecule has 2 rings (SSSR count). The number of aryl methyl sites for hydroxylation is 1. The van der Waals surface area contributed by atoms with Gasteiger partial charge in [-0.25, -0.2) is 4.79 Å². The van der Waals surface area contributed by atoms with E-state index < -0.39 is 24.1 Å². The van der Waals surface area contributed by atoms with E-state index in [1.165, 1.54) is 6.92 Å². The average molecular weight is 371 g/mol. The molecule has 0 aliphatic heterocycles. The smallest absolute Gasteiger partial charge is 0.347 e. The van der Waals surface area contributed by atoms with Crippen molar-refractivity contribution in [3.8, 4) is 11.5 Å². The normalized spacial score (nSPS) is 12.6. The molecule has 2 aromatic carbocycles. The largest absolute Gasteiger partial charge is 0.494 e. The summed E-state index contributed by atoms with van der Waals surface area (Å²) in [7, 11) is 0. The summed E-state index contributed by atoms with van der Waals surface area (Å²) in [5, 5.41) is 2.70. The number of nitrogens with one attached hydrogen (secondary N) is 1. The molecule has 0 bridgehead atoms. The van der Waals surface area contributed by atoms with Crippen LogP contribution in [-0.2, 0) is 14.3 Å². The first-order valence-electron chi connectivity index (χ1n) is 8.86. The van der Waals surface area contributed by atoms with Crippen LogP contribution in [0.3, 0.4) is 0 Å². The Balaban J connectivity index is 1.86. The number of benzene rings is 2. The van der Waals surface area contributed by atoms with Crippen molar-refractivity contribution in [2.45, 2.75) is 39.9 Å². The average Bonchev–Trinajstić information content (AvgIpc) is 2.63. The number of ether oxygens (including phenoxy) is 3. The first kappa shape index (κ1) is 20.3. The third kappa shape index (κ3) is 6.33. The summed E-state index contributed by atoms with van der Waals surface area (Å²) in [4.78, 5) is 24.4. The van der Waals surface area contributed by atoms with Crippen molar-refractivity contribution in [3.63, 3.8) is 0 Å². The van der Waals surface area contributed by atoms with Crippen LogP contribution in [0, 0.1) is 6.92 Å². The number of anilines is 1. The van der Waals surface area contributed by atoms with Gasteiger partial charge in [0.1, 0.15) is 11.5 Å². The second kappa shape index (κ2) is 9.62. The van der Waals surface area contributed by atoms with Crippen molar-refractivity contribution >= 4 is 17.6 Å². The summed E-state index contributed by atoms with van der Waals surface area (Å²) in [5.41, 5.74) is 1.62. The zero-order valence-corrected chi connectivity index (χ0v) is 16.0. The van der Waals surface area contributed by atoms with E-state index in [-0.39, 0.29) is 0 Å². The molecule has 0 unspecified atom stereocenters. The van der Waals surface area contributed by atoms with Crippen LogP contribution in [0.2, 0.25) is 0 Å². The Morgan fingerprint density at radius 2 is 1.70 bits per heavy atom. The summed E-state index contributed by atoms with van der Waals surface area (Å²) in [6, 6.07) is 14.3. The van der Waals surface area contributed by atoms with Crippen molar-refractivity contribution in [2.24, 2.45) is 0 Å². The van der Waals surface area contributed by atoms with Gasteiger partial charge in [-0.15, -0.1) is 0 Å². The first-order chi connectivity index (χ1) is 12.9. The Bertz CT molecular complexity index is 772. The fourth-order valence-electron chi connectivity index (χ4n) is 2.31. The van der Waals surface area contributed by atoms with Crippen LogP contribution in [0.4, 0.5) is 5.69 Å². The second-order valence-corrected chi connectivity index (χ2v) is 6.10. The monoisotopic (exact) mass is 371 g/mol. The Morgan fingerprint density at radius 3 is 2.33 bits per heavy atom. The van der Waals surface area contributed by atoms with Crippen molar-refractivity contribution in [3.05, 3.63) is 54.1 Å². The molecule has 2 aromatic rings. The van der Waals surface area contributed by atoms with Gasteiger partial charge in [0.15, 0.2) is 12.2 Å². The molecule has 0 saturated carbocycles. The quantitative estimate of drug-likeness (QED) is 0.716. The Morgan fingerprint density at radius 1 is 1.00 bits per heavy atom. The lowest BCUT2D eigenvalue weighted by atomic mass is 10.2. The fourth-order valence-corrected chi connectivity index (χ4v) is 2.31. The topological polar surface area (TPSA) is 73.9 Å². The Kier molecular flexibility index (Phi) is 7.23. The molecule has 0 aromatic heterocycles. The van der Waals surface area contributed by atoms with Crippen molar-refractivity contribution in [2.75, 3.05) is 11.9 Å². The van der Waals surface area contributed by atoms with Crippen molar-refractivity contribution in [1.29, 1.82) is 0 Å². The maximum atomic E-state index is 12.2. The van der Waals surface area contributed by atoms with Crippen LogP contribution in [0.15, 0.2) is 48.5 Å². The van der Waals surface area contributed by atoms with Crippen LogP contribution < -0.4 is 14.8 Å². The van der Waals surface area contributed by atoms with Crippen LogP contribution in [0.1, 0.15) is 26.3 Å². The molecule has 1 amide bonds. The van der Waals surface area contributed by atoms with Gasteiger partial charge >= 0.3 is 5.97 Å². The summed E-state index contributed by atoms with van der Waals surface area (Å²) >= 11 is 0. The van der Waals surface area contributed by atoms with Crippen molar-refractivity contribution in [1.82, 2.24) is 0 Å². The van der Waals surface area contributed by atoms with Gasteiger partial charge in [-0.3, -0.25) is 4.79 Å². The lowest BCUT2D eigenvalue weighted by Gasteiger charge is -2.18. The molecular weight excluding hydrogens is 346 g/mol. The molecule has 27 heavy (non-hydrogen) atoms. The molecule has 0 radical (unpaired) electrons. The third-order valence-corrected chi connectivity index (χ3v) is 3.73. The molecule has 0 spiro atoms. The van der Waals surface area contributed by atoms with Crippen molar-refractivity contribution < 1.29 is 23.8 Å². The zero-order valence-electron chi connectivity index (χ0n) is 16.0. The molecule has 0 aliphatic carbocycles. The SMILES string of the molecule is CCOc1ccc(NC(=O)[C@@H](C)OC(=O)[C@@H](C)Oc2cccc(C)c2)cc1. The maximum absolute atomic E-state index is 12.2. The van der Waals surface area contributed by atoms with Gasteiger partial charge in [-0.05, 0) is 69.7 Å². The first-order valence-corrected chi connectivity index (χ1v) is 8.86. The number of hydrogen-bond donors (Lipinski definition) is 1. The predicted octanol–water partition coefficient (Wildman–Crippen LogP) is 3.73. The molecule has 6 nitrogen and oxygen atoms in total. The molecular formula is C21H25NO5. The highest BCUT2D eigenvalue weighted by atomic mass is 16.6. The number of carbonyl (C=O) groups is 2. The van der Waals surface area contributed by atoms with E-state index >= 15 is 0 Å². The van der Waals surface area contributed by atoms with Gasteiger partial charge in [0.2, 0.25) is 0 Å². The van der Waals surface area contributed by atoms with E-state index in [0.717, 1.165) is 11.3 Å². The van der Waals surface area contributed by atoms with Gasteiger partial charge in [0.25, 0.3) is 5.91 Å². The highest BCUT2D eigenvalue weighted by Crippen LogP contribution is 2.17. The number of carbonyl (C=O) groups excluding carboxylic acids is 2. The predicted molar refractivity (Wildman–Crippen MR) is 103 cm³/mol. The fraction of sp³-hybridized carbons (Fsp3) is 0.333. The third-order valence-electron chi connectivity index (χ3n) is 3.73. The lowest BCUT2D eigenvalue weighted by molar-refractivity contribution is -0.159. The summed E-state index contributed by atoms with van der Waals surface area (Å²) in [6.07, 6.45) is -1.78. The maximum Gasteiger partial charge on any atom is 0.347 e. The van der Waals surface area contributed by atoms with Crippen LogP contribution in [0.5, 0.6) is 11.5 Å². The molecule has 144 valence electrons. The zero-order chi connectivity index (χ0) is 19.8. The van der Waals surface area contributed by atoms with Crippen LogP contribution >= 0.6 is 0 Å². The minimum absolute atomic E-state index is 0.421. The van der Waals surface area contributed by atoms with Crippen LogP contribution in [0.25, 0.3) is 0 Å². The van der Waals surface area contributed by atoms with E-state index in [1.807, 2.05) is 32.0 Å². The van der Waals surface area contributed by atoms with E-state index in [9.17, 15) is 9.59 Å². The molecule has 0 aliphatic rings. The molecule has 0 saturated heterocycles. The molecule has 1 N–H and O–H groups in total. The van der Waals surface area contributed by atoms with Gasteiger partial charge in [-0.1, -0.05) is 12.1 Å². The Hall–Kier alpha value is -3.02. The number of esters is 1. The minimum Gasteiger partial charge on any atom is -0.494 e. The second-order valence-electron chi connectivity index (χ2n) is 6.10. The highest BCUT2D eigenvalue weighted by Gasteiger charge is 2.23. The van der Waals surface area contributed by atoms with E-state index in [0.29, 0.717) is 18.0 Å². The molecule has 6 heteroatoms. The van der Waals surface area contributed by atoms with Gasteiger partial charge in [0.05, 0.1) is 6.61 Å². The number of rotatable bonds is 8. The molecule has 2 atom stereocenters.